The van der Waals surface area contributed by atoms with Crippen molar-refractivity contribution in [2.75, 3.05) is 0 Å². The van der Waals surface area contributed by atoms with Gasteiger partial charge in [-0.15, -0.1) is 0 Å². The first-order valence-corrected chi connectivity index (χ1v) is 11.8. The van der Waals surface area contributed by atoms with Gasteiger partial charge >= 0.3 is 5.97 Å². The van der Waals surface area contributed by atoms with Crippen LogP contribution in [0.5, 0.6) is 5.75 Å². The smallest absolute Gasteiger partial charge is 0.345 e. The summed E-state index contributed by atoms with van der Waals surface area (Å²) in [7, 11) is 0. The van der Waals surface area contributed by atoms with Crippen LogP contribution in [0.25, 0.3) is 27.8 Å². The number of fused-ring (bicyclic) bond motifs is 1. The van der Waals surface area contributed by atoms with E-state index in [1.165, 1.54) is 0 Å². The number of H-pyrrole nitrogens is 1. The fourth-order valence-electron chi connectivity index (χ4n) is 4.24. The maximum atomic E-state index is 11.9. The summed E-state index contributed by atoms with van der Waals surface area (Å²) in [4.78, 5) is 15.1. The van der Waals surface area contributed by atoms with E-state index < -0.39 is 12.1 Å². The number of benzene rings is 3. The van der Waals surface area contributed by atoms with Crippen molar-refractivity contribution in [2.45, 2.75) is 19.4 Å². The molecule has 0 saturated carbocycles. The Morgan fingerprint density at radius 1 is 1.00 bits per heavy atom. The second kappa shape index (κ2) is 9.23. The molecule has 5 nitrogen and oxygen atoms in total. The minimum atomic E-state index is -0.992. The minimum absolute atomic E-state index is 0.271. The lowest BCUT2D eigenvalue weighted by Gasteiger charge is -2.16. The van der Waals surface area contributed by atoms with Crippen molar-refractivity contribution in [3.05, 3.63) is 107 Å². The molecule has 0 bridgehead atoms. The van der Waals surface area contributed by atoms with Gasteiger partial charge in [-0.25, -0.2) is 4.79 Å². The van der Waals surface area contributed by atoms with E-state index in [9.17, 15) is 9.90 Å². The molecule has 6 heteroatoms. The van der Waals surface area contributed by atoms with E-state index >= 15 is 0 Å². The molecule has 0 amide bonds. The van der Waals surface area contributed by atoms with Crippen LogP contribution in [0.3, 0.4) is 0 Å². The molecule has 0 saturated heterocycles. The van der Waals surface area contributed by atoms with E-state index in [-0.39, 0.29) is 6.42 Å². The first kappa shape index (κ1) is 22.0. The first-order chi connectivity index (χ1) is 16.5. The predicted octanol–water partition coefficient (Wildman–Crippen LogP) is 6.77. The standard InChI is InChI=1S/C28H23BrN2O3/c1-18-6-15-26(31(18)22-11-9-21(29)10-12-22)19-7-13-23(14-8-19)34-27(28(32)33)16-20-17-30-25-5-3-2-4-24(20)25/h2-15,17,27,30H,16H2,1H3,(H,32,33)/t27-/m1/s1. The number of halogens is 1. The van der Waals surface area contributed by atoms with Crippen LogP contribution in [0, 0.1) is 6.92 Å². The summed E-state index contributed by atoms with van der Waals surface area (Å²) < 4.78 is 9.12. The number of hydrogen-bond acceptors (Lipinski definition) is 2. The van der Waals surface area contributed by atoms with E-state index in [4.69, 9.17) is 4.74 Å². The van der Waals surface area contributed by atoms with Gasteiger partial charge in [0.1, 0.15) is 5.75 Å². The van der Waals surface area contributed by atoms with E-state index in [1.807, 2.05) is 66.9 Å². The third kappa shape index (κ3) is 4.37. The van der Waals surface area contributed by atoms with E-state index in [2.05, 4.69) is 56.7 Å². The fourth-order valence-corrected chi connectivity index (χ4v) is 4.51. The summed E-state index contributed by atoms with van der Waals surface area (Å²) in [5, 5.41) is 10.8. The number of rotatable bonds is 7. The Hall–Kier alpha value is -3.77. The number of para-hydroxylation sites is 1. The quantitative estimate of drug-likeness (QED) is 0.251. The molecule has 170 valence electrons. The van der Waals surface area contributed by atoms with Crippen LogP contribution in [0.1, 0.15) is 11.3 Å². The van der Waals surface area contributed by atoms with Gasteiger partial charge < -0.3 is 19.4 Å². The van der Waals surface area contributed by atoms with Crippen LogP contribution < -0.4 is 4.74 Å². The van der Waals surface area contributed by atoms with Gasteiger partial charge in [-0.05, 0) is 84.8 Å². The number of carboxylic acid groups (broad SMARTS) is 1. The number of nitrogens with zero attached hydrogens (tertiary/aromatic N) is 1. The van der Waals surface area contributed by atoms with Crippen LogP contribution in [0.2, 0.25) is 0 Å². The molecule has 5 aromatic rings. The highest BCUT2D eigenvalue weighted by molar-refractivity contribution is 9.10. The second-order valence-corrected chi connectivity index (χ2v) is 9.12. The summed E-state index contributed by atoms with van der Waals surface area (Å²) in [5.41, 5.74) is 6.18. The van der Waals surface area contributed by atoms with Crippen LogP contribution in [0.15, 0.2) is 95.6 Å². The third-order valence-corrected chi connectivity index (χ3v) is 6.47. The highest BCUT2D eigenvalue weighted by Crippen LogP contribution is 2.29. The molecule has 2 heterocycles. The SMILES string of the molecule is Cc1ccc(-c2ccc(O[C@H](Cc3c[nH]c4ccccc34)C(=O)O)cc2)n1-c1ccc(Br)cc1. The zero-order chi connectivity index (χ0) is 23.7. The number of nitrogens with one attached hydrogen (secondary N) is 1. The maximum Gasteiger partial charge on any atom is 0.345 e. The lowest BCUT2D eigenvalue weighted by Crippen LogP contribution is -2.29. The Kier molecular flexibility index (Phi) is 5.99. The molecule has 0 aliphatic rings. The first-order valence-electron chi connectivity index (χ1n) is 11.0. The van der Waals surface area contributed by atoms with E-state index in [0.717, 1.165) is 43.6 Å². The second-order valence-electron chi connectivity index (χ2n) is 8.20. The van der Waals surface area contributed by atoms with Crippen molar-refractivity contribution < 1.29 is 14.6 Å². The van der Waals surface area contributed by atoms with Crippen molar-refractivity contribution in [1.29, 1.82) is 0 Å². The number of carboxylic acids is 1. The van der Waals surface area contributed by atoms with Crippen molar-refractivity contribution in [2.24, 2.45) is 0 Å². The lowest BCUT2D eigenvalue weighted by molar-refractivity contribution is -0.145. The van der Waals surface area contributed by atoms with Crippen LogP contribution in [0.4, 0.5) is 0 Å². The molecular weight excluding hydrogens is 492 g/mol. The number of hydrogen-bond donors (Lipinski definition) is 2. The Morgan fingerprint density at radius 2 is 1.74 bits per heavy atom. The predicted molar refractivity (Wildman–Crippen MR) is 138 cm³/mol. The number of aryl methyl sites for hydroxylation is 1. The summed E-state index contributed by atoms with van der Waals surface area (Å²) in [6.07, 6.45) is 1.14. The molecule has 0 radical (unpaired) electrons. The molecule has 0 unspecified atom stereocenters. The summed E-state index contributed by atoms with van der Waals surface area (Å²) >= 11 is 3.49. The summed E-state index contributed by atoms with van der Waals surface area (Å²) in [6.45, 7) is 2.07. The average Bonchev–Trinajstić information content (AvgIpc) is 3.43. The van der Waals surface area contributed by atoms with Gasteiger partial charge in [-0.2, -0.15) is 0 Å². The normalized spacial score (nSPS) is 12.1. The van der Waals surface area contributed by atoms with E-state index in [0.29, 0.717) is 5.75 Å². The Bertz CT molecular complexity index is 1450. The molecule has 0 fully saturated rings. The van der Waals surface area contributed by atoms with Crippen molar-refractivity contribution in [1.82, 2.24) is 9.55 Å². The highest BCUT2D eigenvalue weighted by atomic mass is 79.9. The van der Waals surface area contributed by atoms with Crippen molar-refractivity contribution in [3.8, 4) is 22.7 Å². The minimum Gasteiger partial charge on any atom is -0.478 e. The number of aromatic amines is 1. The number of carbonyl (C=O) groups is 1. The van der Waals surface area contributed by atoms with Crippen LogP contribution in [-0.2, 0) is 11.2 Å². The monoisotopic (exact) mass is 514 g/mol. The fraction of sp³-hybridized carbons (Fsp3) is 0.107. The zero-order valence-corrected chi connectivity index (χ0v) is 20.1. The molecule has 0 spiro atoms. The Labute approximate surface area is 205 Å². The maximum absolute atomic E-state index is 11.9. The van der Waals surface area contributed by atoms with E-state index in [1.54, 1.807) is 0 Å². The molecule has 2 N–H and O–H groups in total. The average molecular weight is 515 g/mol. The van der Waals surface area contributed by atoms with Gasteiger partial charge in [0.25, 0.3) is 0 Å². The van der Waals surface area contributed by atoms with Gasteiger partial charge in [-0.1, -0.05) is 34.1 Å². The number of aromatic nitrogens is 2. The topological polar surface area (TPSA) is 67.2 Å². The van der Waals surface area contributed by atoms with Gasteiger partial charge in [-0.3, -0.25) is 0 Å². The Balaban J connectivity index is 1.38. The molecular formula is C28H23BrN2O3. The number of aliphatic carboxylic acids is 1. The van der Waals surface area contributed by atoms with Crippen molar-refractivity contribution in [3.63, 3.8) is 0 Å². The van der Waals surface area contributed by atoms with Gasteiger partial charge in [0.15, 0.2) is 6.10 Å². The molecule has 34 heavy (non-hydrogen) atoms. The highest BCUT2D eigenvalue weighted by Gasteiger charge is 2.22. The summed E-state index contributed by atoms with van der Waals surface area (Å²) in [6, 6.07) is 27.8. The van der Waals surface area contributed by atoms with Gasteiger partial charge in [0.05, 0.1) is 5.69 Å². The molecule has 0 aliphatic carbocycles. The zero-order valence-electron chi connectivity index (χ0n) is 18.5. The Morgan fingerprint density at radius 3 is 2.47 bits per heavy atom. The van der Waals surface area contributed by atoms with Crippen LogP contribution in [-0.4, -0.2) is 26.7 Å². The summed E-state index contributed by atoms with van der Waals surface area (Å²) in [5.74, 6) is -0.469. The molecule has 5 rings (SSSR count). The lowest BCUT2D eigenvalue weighted by atomic mass is 10.1. The largest absolute Gasteiger partial charge is 0.478 e. The molecule has 0 aliphatic heterocycles. The van der Waals surface area contributed by atoms with Crippen molar-refractivity contribution >= 4 is 32.8 Å². The van der Waals surface area contributed by atoms with Gasteiger partial charge in [0.2, 0.25) is 0 Å². The molecule has 3 aromatic carbocycles. The molecule has 2 aromatic heterocycles. The molecule has 1 atom stereocenters. The van der Waals surface area contributed by atoms with Crippen LogP contribution >= 0.6 is 15.9 Å². The van der Waals surface area contributed by atoms with Gasteiger partial charge in [0, 0.05) is 39.4 Å². The third-order valence-electron chi connectivity index (χ3n) is 5.94. The number of ether oxygens (including phenoxy) is 1.